The minimum Gasteiger partial charge on any atom is -0.444 e. The largest absolute Gasteiger partial charge is 0.444 e. The lowest BCUT2D eigenvalue weighted by atomic mass is 9.86. The van der Waals surface area contributed by atoms with Gasteiger partial charge in [0.25, 0.3) is 0 Å². The van der Waals surface area contributed by atoms with Crippen LogP contribution in [0.5, 0.6) is 5.75 Å². The van der Waals surface area contributed by atoms with Gasteiger partial charge < -0.3 is 19.5 Å². The zero-order chi connectivity index (χ0) is 24.1. The Morgan fingerprint density at radius 3 is 2.00 bits per heavy atom. The Morgan fingerprint density at radius 2 is 1.50 bits per heavy atom. The van der Waals surface area contributed by atoms with Gasteiger partial charge in [0.05, 0.1) is 19.1 Å². The van der Waals surface area contributed by atoms with Crippen molar-refractivity contribution in [3.8, 4) is 5.75 Å². The van der Waals surface area contributed by atoms with Crippen molar-refractivity contribution >= 4 is 12.1 Å². The number of rotatable bonds is 6. The van der Waals surface area contributed by atoms with Gasteiger partial charge in [-0.3, -0.25) is 4.79 Å². The molecule has 0 fully saturated rings. The number of ether oxygens (including phenoxy) is 2. The van der Waals surface area contributed by atoms with Crippen LogP contribution in [0.15, 0.2) is 48.5 Å². The Balaban J connectivity index is 1.90. The van der Waals surface area contributed by atoms with E-state index >= 15 is 0 Å². The van der Waals surface area contributed by atoms with Gasteiger partial charge in [-0.2, -0.15) is 0 Å². The molecule has 0 aliphatic rings. The predicted octanol–water partition coefficient (Wildman–Crippen LogP) is 5.03. The summed E-state index contributed by atoms with van der Waals surface area (Å²) in [4.78, 5) is 25.7. The summed E-state index contributed by atoms with van der Waals surface area (Å²) in [7, 11) is 1.57. The summed E-state index contributed by atoms with van der Waals surface area (Å²) in [5.41, 5.74) is 2.17. The van der Waals surface area contributed by atoms with Crippen molar-refractivity contribution in [2.45, 2.75) is 65.1 Å². The number of nitrogens with zero attached hydrogens (tertiary/aromatic N) is 1. The Labute approximate surface area is 191 Å². The first kappa shape index (κ1) is 25.4. The third-order valence-corrected chi connectivity index (χ3v) is 4.82. The number of amides is 1. The fourth-order valence-electron chi connectivity index (χ4n) is 2.99. The van der Waals surface area contributed by atoms with Crippen LogP contribution in [0.1, 0.15) is 64.3 Å². The van der Waals surface area contributed by atoms with Crippen LogP contribution in [-0.4, -0.2) is 41.3 Å². The first-order chi connectivity index (χ1) is 14.7. The van der Waals surface area contributed by atoms with E-state index in [1.165, 1.54) is 10.5 Å². The fourth-order valence-corrected chi connectivity index (χ4v) is 2.99. The van der Waals surface area contributed by atoms with E-state index in [1.54, 1.807) is 52.1 Å². The predicted molar refractivity (Wildman–Crippen MR) is 125 cm³/mol. The number of aliphatic hydroxyl groups excluding tert-OH is 1. The van der Waals surface area contributed by atoms with E-state index in [4.69, 9.17) is 9.47 Å². The lowest BCUT2D eigenvalue weighted by molar-refractivity contribution is -0.133. The van der Waals surface area contributed by atoms with Crippen LogP contribution in [-0.2, 0) is 21.4 Å². The minimum absolute atomic E-state index is 0.0626. The van der Waals surface area contributed by atoms with Gasteiger partial charge in [0.15, 0.2) is 0 Å². The van der Waals surface area contributed by atoms with E-state index in [0.717, 1.165) is 5.56 Å². The van der Waals surface area contributed by atoms with Gasteiger partial charge >= 0.3 is 12.1 Å². The van der Waals surface area contributed by atoms with Gasteiger partial charge in [-0.05, 0) is 55.0 Å². The molecule has 2 rings (SSSR count). The molecule has 0 aliphatic carbocycles. The smallest absolute Gasteiger partial charge is 0.410 e. The van der Waals surface area contributed by atoms with Gasteiger partial charge in [-0.15, -0.1) is 0 Å². The van der Waals surface area contributed by atoms with Crippen LogP contribution in [0.4, 0.5) is 4.79 Å². The molecule has 2 aromatic carbocycles. The second-order valence-electron chi connectivity index (χ2n) is 10.0. The van der Waals surface area contributed by atoms with E-state index in [0.29, 0.717) is 11.3 Å². The molecule has 1 amide bonds. The fraction of sp³-hybridized carbons (Fsp3) is 0.462. The highest BCUT2D eigenvalue weighted by Crippen LogP contribution is 2.23. The average molecular weight is 442 g/mol. The molecule has 0 radical (unpaired) electrons. The molecular weight excluding hydrogens is 406 g/mol. The molecule has 174 valence electrons. The SMILES string of the molecule is CN(CC(O)c1ccc(OC(=O)Cc2ccc(C(C)(C)C)cc2)cc1)C(=O)OC(C)(C)C. The first-order valence-corrected chi connectivity index (χ1v) is 10.8. The lowest BCUT2D eigenvalue weighted by Crippen LogP contribution is -2.36. The van der Waals surface area contributed by atoms with Crippen molar-refractivity contribution < 1.29 is 24.2 Å². The minimum atomic E-state index is -0.890. The Hall–Kier alpha value is -2.86. The average Bonchev–Trinajstić information content (AvgIpc) is 2.66. The standard InChI is InChI=1S/C26H35NO5/c1-25(2,3)20-12-8-18(9-13-20)16-23(29)31-21-14-10-19(11-15-21)22(28)17-27(7)24(30)32-26(4,5)6/h8-15,22,28H,16-17H2,1-7H3. The third kappa shape index (κ3) is 8.00. The Morgan fingerprint density at radius 1 is 0.938 bits per heavy atom. The van der Waals surface area contributed by atoms with Gasteiger partial charge in [0, 0.05) is 7.05 Å². The molecule has 6 nitrogen and oxygen atoms in total. The summed E-state index contributed by atoms with van der Waals surface area (Å²) in [6, 6.07) is 14.6. The molecule has 1 N–H and O–H groups in total. The number of carbonyl (C=O) groups excluding carboxylic acids is 2. The maximum atomic E-state index is 12.3. The monoisotopic (exact) mass is 441 g/mol. The molecule has 0 heterocycles. The summed E-state index contributed by atoms with van der Waals surface area (Å²) >= 11 is 0. The van der Waals surface area contributed by atoms with Crippen LogP contribution in [0.25, 0.3) is 0 Å². The molecule has 6 heteroatoms. The number of benzene rings is 2. The number of hydrogen-bond acceptors (Lipinski definition) is 5. The van der Waals surface area contributed by atoms with Gasteiger partial charge in [-0.25, -0.2) is 4.79 Å². The maximum absolute atomic E-state index is 12.3. The van der Waals surface area contributed by atoms with Gasteiger partial charge in [0.2, 0.25) is 0 Å². The van der Waals surface area contributed by atoms with E-state index in [9.17, 15) is 14.7 Å². The zero-order valence-corrected chi connectivity index (χ0v) is 20.1. The summed E-state index contributed by atoms with van der Waals surface area (Å²) in [5, 5.41) is 10.4. The van der Waals surface area contributed by atoms with Gasteiger partial charge in [0.1, 0.15) is 11.4 Å². The van der Waals surface area contributed by atoms with Crippen LogP contribution >= 0.6 is 0 Å². The summed E-state index contributed by atoms with van der Waals surface area (Å²) in [6.45, 7) is 11.9. The van der Waals surface area contributed by atoms with E-state index < -0.39 is 17.8 Å². The molecule has 0 saturated heterocycles. The van der Waals surface area contributed by atoms with Crippen molar-refractivity contribution in [2.24, 2.45) is 0 Å². The summed E-state index contributed by atoms with van der Waals surface area (Å²) in [6.07, 6.45) is -1.22. The number of likely N-dealkylation sites (N-methyl/N-ethyl adjacent to an activating group) is 1. The Bertz CT molecular complexity index is 905. The molecule has 1 atom stereocenters. The summed E-state index contributed by atoms with van der Waals surface area (Å²) in [5.74, 6) is 0.0456. The zero-order valence-electron chi connectivity index (χ0n) is 20.1. The highest BCUT2D eigenvalue weighted by Gasteiger charge is 2.22. The van der Waals surface area contributed by atoms with Crippen molar-refractivity contribution in [3.63, 3.8) is 0 Å². The number of aliphatic hydroxyl groups is 1. The van der Waals surface area contributed by atoms with Crippen LogP contribution in [0.3, 0.4) is 0 Å². The van der Waals surface area contributed by atoms with Crippen molar-refractivity contribution in [1.29, 1.82) is 0 Å². The second-order valence-corrected chi connectivity index (χ2v) is 10.0. The quantitative estimate of drug-likeness (QED) is 0.502. The normalized spacial score (nSPS) is 12.8. The third-order valence-electron chi connectivity index (χ3n) is 4.82. The first-order valence-electron chi connectivity index (χ1n) is 10.8. The van der Waals surface area contributed by atoms with Crippen LogP contribution in [0, 0.1) is 0 Å². The molecule has 0 aliphatic heterocycles. The highest BCUT2D eigenvalue weighted by atomic mass is 16.6. The molecule has 0 bridgehead atoms. The summed E-state index contributed by atoms with van der Waals surface area (Å²) < 4.78 is 10.7. The van der Waals surface area contributed by atoms with Gasteiger partial charge in [-0.1, -0.05) is 57.2 Å². The molecule has 2 aromatic rings. The van der Waals surface area contributed by atoms with Crippen molar-refractivity contribution in [1.82, 2.24) is 4.90 Å². The number of carbonyl (C=O) groups is 2. The van der Waals surface area contributed by atoms with Crippen molar-refractivity contribution in [2.75, 3.05) is 13.6 Å². The molecule has 0 spiro atoms. The lowest BCUT2D eigenvalue weighted by Gasteiger charge is -2.26. The van der Waals surface area contributed by atoms with E-state index in [-0.39, 0.29) is 24.3 Å². The van der Waals surface area contributed by atoms with Crippen LogP contribution in [0.2, 0.25) is 0 Å². The Kier molecular flexibility index (Phi) is 8.07. The molecule has 0 aromatic heterocycles. The maximum Gasteiger partial charge on any atom is 0.410 e. The van der Waals surface area contributed by atoms with E-state index in [2.05, 4.69) is 20.8 Å². The van der Waals surface area contributed by atoms with Crippen LogP contribution < -0.4 is 4.74 Å². The molecule has 0 saturated carbocycles. The highest BCUT2D eigenvalue weighted by molar-refractivity contribution is 5.75. The molecular formula is C26H35NO5. The molecule has 1 unspecified atom stereocenters. The number of hydrogen-bond donors (Lipinski definition) is 1. The van der Waals surface area contributed by atoms with E-state index in [1.807, 2.05) is 24.3 Å². The van der Waals surface area contributed by atoms with Crippen molar-refractivity contribution in [3.05, 3.63) is 65.2 Å². The topological polar surface area (TPSA) is 76.1 Å². The number of esters is 1. The second kappa shape index (κ2) is 10.2. The molecule has 32 heavy (non-hydrogen) atoms.